The fourth-order valence-corrected chi connectivity index (χ4v) is 2.52. The van der Waals surface area contributed by atoms with Gasteiger partial charge < -0.3 is 10.1 Å². The minimum absolute atomic E-state index is 0.838. The van der Waals surface area contributed by atoms with Crippen LogP contribution in [0, 0.1) is 0 Å². The van der Waals surface area contributed by atoms with Gasteiger partial charge in [0.15, 0.2) is 0 Å². The van der Waals surface area contributed by atoms with Crippen LogP contribution in [0.5, 0.6) is 5.75 Å². The standard InChI is InChI=1S/C14H19NOS/c1-2-8-17-9-6-15-11-12-3-4-14-13(10-12)5-7-16-14/h2-4,10,15H,1,5-9,11H2. The maximum absolute atomic E-state index is 5.49. The molecule has 1 aromatic rings. The highest BCUT2D eigenvalue weighted by Gasteiger charge is 2.11. The van der Waals surface area contributed by atoms with Crippen LogP contribution in [0.3, 0.4) is 0 Å². The summed E-state index contributed by atoms with van der Waals surface area (Å²) < 4.78 is 5.49. The second-order valence-electron chi connectivity index (χ2n) is 4.08. The van der Waals surface area contributed by atoms with Crippen LogP contribution in [0.4, 0.5) is 0 Å². The average Bonchev–Trinajstić information content (AvgIpc) is 2.81. The zero-order valence-corrected chi connectivity index (χ0v) is 10.9. The third kappa shape index (κ3) is 3.79. The fraction of sp³-hybridized carbons (Fsp3) is 0.429. The van der Waals surface area contributed by atoms with Crippen molar-refractivity contribution in [3.8, 4) is 5.75 Å². The molecule has 2 nitrogen and oxygen atoms in total. The van der Waals surface area contributed by atoms with Gasteiger partial charge in [-0.05, 0) is 17.2 Å². The minimum atomic E-state index is 0.838. The van der Waals surface area contributed by atoms with E-state index in [1.807, 2.05) is 17.8 Å². The van der Waals surface area contributed by atoms with E-state index in [9.17, 15) is 0 Å². The smallest absolute Gasteiger partial charge is 0.122 e. The van der Waals surface area contributed by atoms with Gasteiger partial charge in [0.05, 0.1) is 6.61 Å². The van der Waals surface area contributed by atoms with Gasteiger partial charge in [-0.15, -0.1) is 6.58 Å². The highest BCUT2D eigenvalue weighted by atomic mass is 32.2. The van der Waals surface area contributed by atoms with Crippen molar-refractivity contribution < 1.29 is 4.74 Å². The van der Waals surface area contributed by atoms with Crippen LogP contribution in [-0.4, -0.2) is 24.7 Å². The van der Waals surface area contributed by atoms with Gasteiger partial charge in [0.1, 0.15) is 5.75 Å². The van der Waals surface area contributed by atoms with Crippen LogP contribution in [0.25, 0.3) is 0 Å². The van der Waals surface area contributed by atoms with Crippen LogP contribution in [0.2, 0.25) is 0 Å². The highest BCUT2D eigenvalue weighted by Crippen LogP contribution is 2.25. The molecular formula is C14H19NOS. The molecule has 0 saturated carbocycles. The van der Waals surface area contributed by atoms with Gasteiger partial charge in [0.2, 0.25) is 0 Å². The van der Waals surface area contributed by atoms with Gasteiger partial charge in [0, 0.05) is 31.0 Å². The number of ether oxygens (including phenoxy) is 1. The van der Waals surface area contributed by atoms with E-state index < -0.39 is 0 Å². The van der Waals surface area contributed by atoms with Gasteiger partial charge in [-0.1, -0.05) is 18.2 Å². The molecule has 0 fully saturated rings. The quantitative estimate of drug-likeness (QED) is 0.593. The molecule has 0 aromatic heterocycles. The lowest BCUT2D eigenvalue weighted by atomic mass is 10.1. The number of benzene rings is 1. The van der Waals surface area contributed by atoms with E-state index in [1.54, 1.807) is 0 Å². The molecule has 0 saturated heterocycles. The SMILES string of the molecule is C=CCSCCNCc1ccc2c(c1)CCO2. The van der Waals surface area contributed by atoms with E-state index in [4.69, 9.17) is 4.74 Å². The predicted molar refractivity (Wildman–Crippen MR) is 74.9 cm³/mol. The van der Waals surface area contributed by atoms with Gasteiger partial charge in [-0.3, -0.25) is 0 Å². The summed E-state index contributed by atoms with van der Waals surface area (Å²) in [6, 6.07) is 6.49. The summed E-state index contributed by atoms with van der Waals surface area (Å²) >= 11 is 1.91. The van der Waals surface area contributed by atoms with Crippen molar-refractivity contribution >= 4 is 11.8 Å². The largest absolute Gasteiger partial charge is 0.493 e. The molecule has 17 heavy (non-hydrogen) atoms. The summed E-state index contributed by atoms with van der Waals surface area (Å²) in [4.78, 5) is 0. The first-order chi connectivity index (χ1) is 8.40. The topological polar surface area (TPSA) is 21.3 Å². The van der Waals surface area contributed by atoms with Gasteiger partial charge >= 0.3 is 0 Å². The maximum atomic E-state index is 5.49. The van der Waals surface area contributed by atoms with E-state index in [2.05, 4.69) is 30.1 Å². The van der Waals surface area contributed by atoms with Crippen LogP contribution in [0.1, 0.15) is 11.1 Å². The Hall–Kier alpha value is -0.930. The molecule has 1 heterocycles. The number of nitrogens with one attached hydrogen (secondary N) is 1. The average molecular weight is 249 g/mol. The van der Waals surface area contributed by atoms with Gasteiger partial charge in [0.25, 0.3) is 0 Å². The van der Waals surface area contributed by atoms with Gasteiger partial charge in [-0.2, -0.15) is 11.8 Å². The Morgan fingerprint density at radius 2 is 2.41 bits per heavy atom. The van der Waals surface area contributed by atoms with Crippen LogP contribution in [0.15, 0.2) is 30.9 Å². The predicted octanol–water partition coefficient (Wildman–Crippen LogP) is 2.63. The molecule has 1 aliphatic heterocycles. The van der Waals surface area contributed by atoms with Crippen molar-refractivity contribution in [1.29, 1.82) is 0 Å². The summed E-state index contributed by atoms with van der Waals surface area (Å²) in [5, 5.41) is 3.46. The number of hydrogen-bond donors (Lipinski definition) is 1. The Morgan fingerprint density at radius 3 is 3.29 bits per heavy atom. The Morgan fingerprint density at radius 1 is 1.47 bits per heavy atom. The van der Waals surface area contributed by atoms with Crippen molar-refractivity contribution in [3.63, 3.8) is 0 Å². The zero-order chi connectivity index (χ0) is 11.9. The first-order valence-electron chi connectivity index (χ1n) is 6.04. The Kier molecular flexibility index (Phi) is 4.95. The lowest BCUT2D eigenvalue weighted by molar-refractivity contribution is 0.357. The van der Waals surface area contributed by atoms with Crippen molar-refractivity contribution in [3.05, 3.63) is 42.0 Å². The highest BCUT2D eigenvalue weighted by molar-refractivity contribution is 7.99. The van der Waals surface area contributed by atoms with E-state index in [-0.39, 0.29) is 0 Å². The van der Waals surface area contributed by atoms with Gasteiger partial charge in [-0.25, -0.2) is 0 Å². The summed E-state index contributed by atoms with van der Waals surface area (Å²) in [5.74, 6) is 3.24. The van der Waals surface area contributed by atoms with Crippen LogP contribution in [-0.2, 0) is 13.0 Å². The Labute approximate surface area is 107 Å². The molecular weight excluding hydrogens is 230 g/mol. The Balaban J connectivity index is 1.70. The molecule has 3 heteroatoms. The zero-order valence-electron chi connectivity index (χ0n) is 10.1. The summed E-state index contributed by atoms with van der Waals surface area (Å²) in [6.45, 7) is 6.54. The summed E-state index contributed by atoms with van der Waals surface area (Å²) in [7, 11) is 0. The van der Waals surface area contributed by atoms with Crippen molar-refractivity contribution in [2.45, 2.75) is 13.0 Å². The maximum Gasteiger partial charge on any atom is 0.122 e. The molecule has 0 unspecified atom stereocenters. The fourth-order valence-electron chi connectivity index (χ4n) is 1.89. The monoisotopic (exact) mass is 249 g/mol. The molecule has 2 rings (SSSR count). The second-order valence-corrected chi connectivity index (χ2v) is 5.23. The minimum Gasteiger partial charge on any atom is -0.493 e. The number of hydrogen-bond acceptors (Lipinski definition) is 3. The lowest BCUT2D eigenvalue weighted by Gasteiger charge is -2.06. The lowest BCUT2D eigenvalue weighted by Crippen LogP contribution is -2.16. The molecule has 0 amide bonds. The molecule has 1 aromatic carbocycles. The van der Waals surface area contributed by atoms with Crippen molar-refractivity contribution in [2.75, 3.05) is 24.7 Å². The molecule has 0 bridgehead atoms. The third-order valence-corrected chi connectivity index (χ3v) is 3.71. The second kappa shape index (κ2) is 6.72. The third-order valence-electron chi connectivity index (χ3n) is 2.74. The molecule has 0 atom stereocenters. The van der Waals surface area contributed by atoms with Crippen molar-refractivity contribution in [1.82, 2.24) is 5.32 Å². The molecule has 0 spiro atoms. The molecule has 92 valence electrons. The molecule has 0 radical (unpaired) electrons. The van der Waals surface area contributed by atoms with E-state index in [0.717, 1.165) is 43.4 Å². The first-order valence-corrected chi connectivity index (χ1v) is 7.19. The van der Waals surface area contributed by atoms with Crippen molar-refractivity contribution in [2.24, 2.45) is 0 Å². The summed E-state index contributed by atoms with van der Waals surface area (Å²) in [6.07, 6.45) is 3.00. The first kappa shape index (κ1) is 12.5. The van der Waals surface area contributed by atoms with Crippen LogP contribution < -0.4 is 10.1 Å². The van der Waals surface area contributed by atoms with E-state index in [1.165, 1.54) is 11.1 Å². The molecule has 0 aliphatic carbocycles. The normalized spacial score (nSPS) is 13.2. The van der Waals surface area contributed by atoms with E-state index >= 15 is 0 Å². The number of rotatable bonds is 7. The number of fused-ring (bicyclic) bond motifs is 1. The summed E-state index contributed by atoms with van der Waals surface area (Å²) in [5.41, 5.74) is 2.70. The number of thioether (sulfide) groups is 1. The van der Waals surface area contributed by atoms with Crippen LogP contribution >= 0.6 is 11.8 Å². The Bertz CT molecular complexity index is 378. The van der Waals surface area contributed by atoms with E-state index in [0.29, 0.717) is 0 Å². The molecule has 1 N–H and O–H groups in total. The molecule has 1 aliphatic rings.